The van der Waals surface area contributed by atoms with Gasteiger partial charge >= 0.3 is 0 Å². The van der Waals surface area contributed by atoms with Crippen molar-refractivity contribution in [1.82, 2.24) is 9.97 Å². The van der Waals surface area contributed by atoms with Crippen LogP contribution in [0.2, 0.25) is 0 Å². The number of rotatable bonds is 4. The predicted octanol–water partition coefficient (Wildman–Crippen LogP) is 14.6. The zero-order valence-corrected chi connectivity index (χ0v) is 33.1. The summed E-state index contributed by atoms with van der Waals surface area (Å²) in [5.74, 6) is 0.627. The molecule has 2 aliphatic rings. The highest BCUT2D eigenvalue weighted by molar-refractivity contribution is 6.27. The molecule has 4 heteroatoms. The largest absolute Gasteiger partial charge is 0.309 e. The van der Waals surface area contributed by atoms with Crippen LogP contribution in [-0.4, -0.2) is 9.97 Å². The van der Waals surface area contributed by atoms with Gasteiger partial charge < -0.3 is 4.90 Å². The molecule has 0 amide bonds. The van der Waals surface area contributed by atoms with Crippen molar-refractivity contribution in [2.75, 3.05) is 9.80 Å². The molecule has 0 saturated heterocycles. The number of fused-ring (bicyclic) bond motifs is 11. The summed E-state index contributed by atoms with van der Waals surface area (Å²) >= 11 is 0. The topological polar surface area (TPSA) is 32.3 Å². The minimum Gasteiger partial charge on any atom is -0.309 e. The third-order valence-corrected chi connectivity index (χ3v) is 12.9. The van der Waals surface area contributed by atoms with E-state index in [1.54, 1.807) is 0 Å². The first kappa shape index (κ1) is 33.8. The monoisotopic (exact) mass is 776 g/mol. The molecule has 10 aromatic carbocycles. The van der Waals surface area contributed by atoms with Crippen molar-refractivity contribution in [1.29, 1.82) is 0 Å². The minimum absolute atomic E-state index is 0.627. The molecule has 1 aromatic heterocycles. The first-order valence-corrected chi connectivity index (χ1v) is 20.9. The second-order valence-corrected chi connectivity index (χ2v) is 16.1. The van der Waals surface area contributed by atoms with Gasteiger partial charge in [-0.05, 0) is 74.1 Å². The fraction of sp³-hybridized carbons (Fsp3) is 0.0175. The predicted molar refractivity (Wildman–Crippen MR) is 253 cm³/mol. The fourth-order valence-electron chi connectivity index (χ4n) is 10.5. The van der Waals surface area contributed by atoms with Gasteiger partial charge in [0.05, 0.1) is 22.6 Å². The molecule has 0 saturated carbocycles. The standard InChI is InChI=1S/C57H36N4/c1-3-18-37(19-4-1)39-22-15-23-40(36-39)54-53-46-30-9-7-26-42(46)43-27-8-10-31-47(43)55(53)59-56(58-54)61-51-35-17-21-38-20-16-34-50(52(38)51)60(41-24-5-2-6-25-41)57(61)48-32-13-11-28-44(48)45-29-12-14-33-49(45)57/h1-36H. The number of anilines is 4. The molecule has 0 fully saturated rings. The molecule has 1 aliphatic carbocycles. The lowest BCUT2D eigenvalue weighted by Gasteiger charge is -2.54. The van der Waals surface area contributed by atoms with Gasteiger partial charge in [0.25, 0.3) is 0 Å². The molecule has 0 atom stereocenters. The molecule has 1 aliphatic heterocycles. The number of nitrogens with zero attached hydrogens (tertiary/aromatic N) is 4. The van der Waals surface area contributed by atoms with Crippen LogP contribution in [0.15, 0.2) is 218 Å². The van der Waals surface area contributed by atoms with E-state index in [1.165, 1.54) is 33.0 Å². The lowest BCUT2D eigenvalue weighted by atomic mass is 9.86. The molecule has 0 bridgehead atoms. The van der Waals surface area contributed by atoms with E-state index in [9.17, 15) is 0 Å². The van der Waals surface area contributed by atoms with E-state index in [4.69, 9.17) is 9.97 Å². The van der Waals surface area contributed by atoms with E-state index >= 15 is 0 Å². The van der Waals surface area contributed by atoms with Crippen LogP contribution in [-0.2, 0) is 5.66 Å². The number of hydrogen-bond donors (Lipinski definition) is 0. The van der Waals surface area contributed by atoms with Crippen molar-refractivity contribution in [3.05, 3.63) is 230 Å². The Labute approximate surface area is 353 Å². The summed E-state index contributed by atoms with van der Waals surface area (Å²) in [6.45, 7) is 0. The summed E-state index contributed by atoms with van der Waals surface area (Å²) < 4.78 is 0. The molecular weight excluding hydrogens is 741 g/mol. The number of benzene rings is 10. The lowest BCUT2D eigenvalue weighted by molar-refractivity contribution is 0.532. The van der Waals surface area contributed by atoms with Gasteiger partial charge in [0.1, 0.15) is 0 Å². The van der Waals surface area contributed by atoms with Crippen molar-refractivity contribution < 1.29 is 0 Å². The zero-order valence-electron chi connectivity index (χ0n) is 33.1. The van der Waals surface area contributed by atoms with Gasteiger partial charge in [-0.3, -0.25) is 4.90 Å². The Morgan fingerprint density at radius 1 is 0.361 bits per heavy atom. The number of aromatic nitrogens is 2. The van der Waals surface area contributed by atoms with Crippen molar-refractivity contribution in [2.24, 2.45) is 0 Å². The Hall–Kier alpha value is -8.08. The molecule has 0 unspecified atom stereocenters. The molecule has 1 spiro atoms. The second-order valence-electron chi connectivity index (χ2n) is 16.1. The maximum Gasteiger partial charge on any atom is 0.233 e. The maximum atomic E-state index is 5.93. The van der Waals surface area contributed by atoms with Crippen LogP contribution in [0.3, 0.4) is 0 Å². The molecule has 0 radical (unpaired) electrons. The number of para-hydroxylation sites is 1. The van der Waals surface area contributed by atoms with Crippen molar-refractivity contribution in [3.63, 3.8) is 0 Å². The van der Waals surface area contributed by atoms with Crippen molar-refractivity contribution >= 4 is 66.2 Å². The Morgan fingerprint density at radius 3 is 1.59 bits per heavy atom. The SMILES string of the molecule is c1ccc(-c2cccc(-c3nc(N4c5cccc6cccc(c56)N(c5ccccc5)C45c4ccccc4-c4ccccc45)nc4c5ccccc5c5ccccc5c34)c2)cc1. The fourth-order valence-corrected chi connectivity index (χ4v) is 10.5. The Morgan fingerprint density at radius 2 is 0.885 bits per heavy atom. The van der Waals surface area contributed by atoms with Crippen LogP contribution in [0.25, 0.3) is 76.7 Å². The highest BCUT2D eigenvalue weighted by Gasteiger charge is 2.57. The zero-order chi connectivity index (χ0) is 40.1. The first-order valence-electron chi connectivity index (χ1n) is 20.9. The van der Waals surface area contributed by atoms with Crippen LogP contribution >= 0.6 is 0 Å². The molecule has 2 heterocycles. The van der Waals surface area contributed by atoms with Gasteiger partial charge in [0.15, 0.2) is 5.66 Å². The smallest absolute Gasteiger partial charge is 0.233 e. The van der Waals surface area contributed by atoms with E-state index < -0.39 is 5.66 Å². The molecule has 284 valence electrons. The Bertz CT molecular complexity index is 3510. The summed E-state index contributed by atoms with van der Waals surface area (Å²) in [5.41, 5.74) is 12.2. The van der Waals surface area contributed by atoms with Crippen LogP contribution < -0.4 is 9.80 Å². The summed E-state index contributed by atoms with van der Waals surface area (Å²) in [7, 11) is 0. The minimum atomic E-state index is -0.930. The summed E-state index contributed by atoms with van der Waals surface area (Å²) in [6.07, 6.45) is 0. The Kier molecular flexibility index (Phi) is 7.19. The summed E-state index contributed by atoms with van der Waals surface area (Å²) in [6, 6.07) is 79.0. The van der Waals surface area contributed by atoms with Crippen LogP contribution in [0, 0.1) is 0 Å². The molecule has 61 heavy (non-hydrogen) atoms. The average Bonchev–Trinajstić information content (AvgIpc) is 3.62. The third-order valence-electron chi connectivity index (χ3n) is 12.9. The van der Waals surface area contributed by atoms with Crippen LogP contribution in [0.1, 0.15) is 11.1 Å². The van der Waals surface area contributed by atoms with Gasteiger partial charge in [-0.25, -0.2) is 9.97 Å². The summed E-state index contributed by atoms with van der Waals surface area (Å²) in [4.78, 5) is 16.8. The van der Waals surface area contributed by atoms with Gasteiger partial charge in [0.2, 0.25) is 5.95 Å². The molecule has 4 nitrogen and oxygen atoms in total. The van der Waals surface area contributed by atoms with E-state index in [2.05, 4.69) is 228 Å². The molecule has 0 N–H and O–H groups in total. The normalized spacial score (nSPS) is 13.6. The van der Waals surface area contributed by atoms with Gasteiger partial charge in [-0.2, -0.15) is 0 Å². The highest BCUT2D eigenvalue weighted by Crippen LogP contribution is 2.63. The highest BCUT2D eigenvalue weighted by atomic mass is 15.5. The van der Waals surface area contributed by atoms with Crippen molar-refractivity contribution in [2.45, 2.75) is 5.66 Å². The molecule has 11 aromatic rings. The summed E-state index contributed by atoms with van der Waals surface area (Å²) in [5, 5.41) is 7.93. The Balaban J connectivity index is 1.24. The average molecular weight is 777 g/mol. The van der Waals surface area contributed by atoms with Gasteiger partial charge in [0, 0.05) is 38.5 Å². The van der Waals surface area contributed by atoms with Gasteiger partial charge in [-0.15, -0.1) is 0 Å². The van der Waals surface area contributed by atoms with Crippen LogP contribution in [0.4, 0.5) is 23.0 Å². The van der Waals surface area contributed by atoms with E-state index in [0.717, 1.165) is 71.9 Å². The molecular formula is C57H36N4. The van der Waals surface area contributed by atoms with E-state index in [1.807, 2.05) is 0 Å². The maximum absolute atomic E-state index is 5.93. The van der Waals surface area contributed by atoms with Gasteiger partial charge in [-0.1, -0.05) is 188 Å². The molecule has 13 rings (SSSR count). The third kappa shape index (κ3) is 4.70. The van der Waals surface area contributed by atoms with E-state index in [0.29, 0.717) is 5.95 Å². The number of hydrogen-bond acceptors (Lipinski definition) is 4. The van der Waals surface area contributed by atoms with Crippen LogP contribution in [0.5, 0.6) is 0 Å². The van der Waals surface area contributed by atoms with Crippen molar-refractivity contribution in [3.8, 4) is 33.5 Å². The quantitative estimate of drug-likeness (QED) is 0.167. The first-order chi connectivity index (χ1) is 30.3. The lowest BCUT2D eigenvalue weighted by Crippen LogP contribution is -2.57. The second kappa shape index (κ2) is 13.0. The van der Waals surface area contributed by atoms with E-state index in [-0.39, 0.29) is 0 Å².